The normalized spacial score (nSPS) is 28.6. The number of imidazole rings is 1. The van der Waals surface area contributed by atoms with Crippen molar-refractivity contribution in [3.63, 3.8) is 0 Å². The summed E-state index contributed by atoms with van der Waals surface area (Å²) in [7, 11) is 0. The minimum absolute atomic E-state index is 0.179. The van der Waals surface area contributed by atoms with Crippen LogP contribution in [0.25, 0.3) is 0 Å². The highest BCUT2D eigenvalue weighted by molar-refractivity contribution is 5.08. The van der Waals surface area contributed by atoms with E-state index in [2.05, 4.69) is 22.6 Å². The van der Waals surface area contributed by atoms with Crippen molar-refractivity contribution >= 4 is 0 Å². The molecule has 1 aromatic rings. The van der Waals surface area contributed by atoms with Crippen molar-refractivity contribution in [2.24, 2.45) is 5.92 Å². The molecule has 1 aromatic heterocycles. The van der Waals surface area contributed by atoms with Crippen molar-refractivity contribution in [1.82, 2.24) is 14.5 Å². The summed E-state index contributed by atoms with van der Waals surface area (Å²) in [5.41, 5.74) is 1.22. The number of likely N-dealkylation sites (tertiary alicyclic amines) is 1. The fourth-order valence-electron chi connectivity index (χ4n) is 3.25. The smallest absolute Gasteiger partial charge is 0.109 e. The van der Waals surface area contributed by atoms with Crippen LogP contribution in [0.15, 0.2) is 6.20 Å². The van der Waals surface area contributed by atoms with Crippen LogP contribution in [-0.2, 0) is 19.4 Å². The van der Waals surface area contributed by atoms with E-state index in [1.165, 1.54) is 37.6 Å². The van der Waals surface area contributed by atoms with Crippen LogP contribution in [0.3, 0.4) is 0 Å². The summed E-state index contributed by atoms with van der Waals surface area (Å²) >= 11 is 0. The first-order chi connectivity index (χ1) is 8.74. The molecule has 1 N–H and O–H groups in total. The van der Waals surface area contributed by atoms with Crippen LogP contribution in [-0.4, -0.2) is 45.3 Å². The summed E-state index contributed by atoms with van der Waals surface area (Å²) in [4.78, 5) is 7.25. The largest absolute Gasteiger partial charge is 0.391 e. The Hall–Kier alpha value is -0.870. The lowest BCUT2D eigenvalue weighted by atomic mass is 10.0. The summed E-state index contributed by atoms with van der Waals surface area (Å²) in [6, 6.07) is 0. The molecule has 18 heavy (non-hydrogen) atoms. The molecule has 4 heteroatoms. The van der Waals surface area contributed by atoms with E-state index in [1.807, 2.05) is 0 Å². The molecule has 0 bridgehead atoms. The number of hydrogen-bond acceptors (Lipinski definition) is 3. The van der Waals surface area contributed by atoms with E-state index in [4.69, 9.17) is 4.98 Å². The minimum Gasteiger partial charge on any atom is -0.391 e. The fourth-order valence-corrected chi connectivity index (χ4v) is 3.25. The fraction of sp³-hybridized carbons (Fsp3) is 0.786. The topological polar surface area (TPSA) is 41.3 Å². The second-order valence-corrected chi connectivity index (χ2v) is 5.75. The van der Waals surface area contributed by atoms with E-state index < -0.39 is 0 Å². The highest BCUT2D eigenvalue weighted by Crippen LogP contribution is 2.22. The molecule has 0 radical (unpaired) electrons. The second kappa shape index (κ2) is 5.02. The van der Waals surface area contributed by atoms with Crippen LogP contribution >= 0.6 is 0 Å². The predicted molar refractivity (Wildman–Crippen MR) is 70.5 cm³/mol. The van der Waals surface area contributed by atoms with Crippen molar-refractivity contribution in [2.45, 2.75) is 45.3 Å². The number of nitrogens with zero attached hydrogens (tertiary/aromatic N) is 3. The van der Waals surface area contributed by atoms with Crippen LogP contribution in [0.5, 0.6) is 0 Å². The molecule has 0 aliphatic carbocycles. The van der Waals surface area contributed by atoms with Crippen LogP contribution < -0.4 is 0 Å². The Morgan fingerprint density at radius 3 is 3.06 bits per heavy atom. The zero-order valence-electron chi connectivity index (χ0n) is 11.2. The molecular weight excluding hydrogens is 226 g/mol. The van der Waals surface area contributed by atoms with Gasteiger partial charge in [0.05, 0.1) is 11.8 Å². The van der Waals surface area contributed by atoms with Gasteiger partial charge in [0.1, 0.15) is 5.82 Å². The number of rotatable bonds is 3. The molecular formula is C14H23N3O. The average molecular weight is 249 g/mol. The number of fused-ring (bicyclic) bond motifs is 1. The van der Waals surface area contributed by atoms with Gasteiger partial charge in [0, 0.05) is 25.7 Å². The van der Waals surface area contributed by atoms with Gasteiger partial charge in [-0.3, -0.25) is 0 Å². The number of aliphatic hydroxyl groups is 1. The molecule has 1 fully saturated rings. The van der Waals surface area contributed by atoms with Crippen molar-refractivity contribution in [2.75, 3.05) is 19.6 Å². The zero-order chi connectivity index (χ0) is 12.5. The number of aliphatic hydroxyl groups excluding tert-OH is 1. The van der Waals surface area contributed by atoms with Gasteiger partial charge in [-0.2, -0.15) is 0 Å². The highest BCUT2D eigenvalue weighted by atomic mass is 16.3. The Balaban J connectivity index is 1.64. The number of hydrogen-bond donors (Lipinski definition) is 1. The molecule has 2 aliphatic heterocycles. The molecule has 0 amide bonds. The second-order valence-electron chi connectivity index (χ2n) is 5.75. The van der Waals surface area contributed by atoms with Gasteiger partial charge in [0.15, 0.2) is 0 Å². The molecule has 0 spiro atoms. The maximum atomic E-state index is 9.66. The summed E-state index contributed by atoms with van der Waals surface area (Å²) in [6.07, 6.45) is 6.18. The minimum atomic E-state index is -0.179. The highest BCUT2D eigenvalue weighted by Gasteiger charge is 2.24. The summed E-state index contributed by atoms with van der Waals surface area (Å²) in [5, 5.41) is 9.66. The van der Waals surface area contributed by atoms with Gasteiger partial charge in [-0.25, -0.2) is 4.98 Å². The molecule has 100 valence electrons. The molecule has 2 aliphatic rings. The molecule has 4 nitrogen and oxygen atoms in total. The first-order valence-corrected chi connectivity index (χ1v) is 7.20. The third kappa shape index (κ3) is 2.45. The summed E-state index contributed by atoms with van der Waals surface area (Å²) < 4.78 is 2.15. The molecule has 0 aromatic carbocycles. The molecule has 1 saturated heterocycles. The Morgan fingerprint density at radius 2 is 2.28 bits per heavy atom. The third-order valence-electron chi connectivity index (χ3n) is 4.33. The lowest BCUT2D eigenvalue weighted by Gasteiger charge is -2.18. The predicted octanol–water partition coefficient (Wildman–Crippen LogP) is 1.07. The van der Waals surface area contributed by atoms with Crippen molar-refractivity contribution in [1.29, 1.82) is 0 Å². The van der Waals surface area contributed by atoms with Gasteiger partial charge < -0.3 is 14.6 Å². The van der Waals surface area contributed by atoms with Crippen LogP contribution in [0.4, 0.5) is 0 Å². The maximum absolute atomic E-state index is 9.66. The van der Waals surface area contributed by atoms with Gasteiger partial charge in [-0.15, -0.1) is 0 Å². The SMILES string of the molecule is CCN1CCC(Cc2cn3c(n2)CCC(O)C3)C1. The quantitative estimate of drug-likeness (QED) is 0.871. The lowest BCUT2D eigenvalue weighted by molar-refractivity contribution is 0.130. The van der Waals surface area contributed by atoms with Gasteiger partial charge in [0.25, 0.3) is 0 Å². The van der Waals surface area contributed by atoms with E-state index in [0.29, 0.717) is 0 Å². The Labute approximate surface area is 109 Å². The lowest BCUT2D eigenvalue weighted by Crippen LogP contribution is -2.23. The van der Waals surface area contributed by atoms with E-state index >= 15 is 0 Å². The van der Waals surface area contributed by atoms with Gasteiger partial charge >= 0.3 is 0 Å². The Bertz CT molecular complexity index is 415. The number of aryl methyl sites for hydroxylation is 1. The van der Waals surface area contributed by atoms with Crippen LogP contribution in [0.2, 0.25) is 0 Å². The molecule has 2 atom stereocenters. The standard InChI is InChI=1S/C14H23N3O/c1-2-16-6-5-11(8-16)7-12-9-17-10-13(18)3-4-14(17)15-12/h9,11,13,18H,2-8,10H2,1H3. The van der Waals surface area contributed by atoms with E-state index in [1.54, 1.807) is 0 Å². The van der Waals surface area contributed by atoms with Crippen LogP contribution in [0, 0.1) is 5.92 Å². The molecule has 0 saturated carbocycles. The first kappa shape index (κ1) is 12.2. The first-order valence-electron chi connectivity index (χ1n) is 7.20. The van der Waals surface area contributed by atoms with Crippen molar-refractivity contribution in [3.8, 4) is 0 Å². The Morgan fingerprint density at radius 1 is 1.39 bits per heavy atom. The van der Waals surface area contributed by atoms with E-state index in [-0.39, 0.29) is 6.10 Å². The molecule has 3 rings (SSSR count). The third-order valence-corrected chi connectivity index (χ3v) is 4.33. The van der Waals surface area contributed by atoms with Crippen LogP contribution in [0.1, 0.15) is 31.3 Å². The monoisotopic (exact) mass is 249 g/mol. The molecule has 2 unspecified atom stereocenters. The Kier molecular flexibility index (Phi) is 3.39. The number of aromatic nitrogens is 2. The van der Waals surface area contributed by atoms with E-state index in [0.717, 1.165) is 31.7 Å². The van der Waals surface area contributed by atoms with Crippen molar-refractivity contribution in [3.05, 3.63) is 17.7 Å². The molecule has 3 heterocycles. The summed E-state index contributed by atoms with van der Waals surface area (Å²) in [6.45, 7) is 6.60. The zero-order valence-corrected chi connectivity index (χ0v) is 11.2. The van der Waals surface area contributed by atoms with Gasteiger partial charge in [-0.05, 0) is 38.3 Å². The van der Waals surface area contributed by atoms with Gasteiger partial charge in [0.2, 0.25) is 0 Å². The maximum Gasteiger partial charge on any atom is 0.109 e. The summed E-state index contributed by atoms with van der Waals surface area (Å²) in [5.74, 6) is 1.94. The average Bonchev–Trinajstić information content (AvgIpc) is 2.95. The van der Waals surface area contributed by atoms with E-state index in [9.17, 15) is 5.11 Å². The van der Waals surface area contributed by atoms with Crippen molar-refractivity contribution < 1.29 is 5.11 Å². The van der Waals surface area contributed by atoms with Gasteiger partial charge in [-0.1, -0.05) is 6.92 Å².